The van der Waals surface area contributed by atoms with Gasteiger partial charge in [0.2, 0.25) is 5.91 Å². The summed E-state index contributed by atoms with van der Waals surface area (Å²) in [7, 11) is 4.12. The Hall–Kier alpha value is -1.67. The number of hydrogen-bond donors (Lipinski definition) is 1. The first-order valence-corrected chi connectivity index (χ1v) is 11.3. The maximum Gasteiger partial charge on any atom is 0.223 e. The van der Waals surface area contributed by atoms with Gasteiger partial charge in [-0.15, -0.1) is 0 Å². The summed E-state index contributed by atoms with van der Waals surface area (Å²) in [6, 6.07) is 5.84. The van der Waals surface area contributed by atoms with E-state index < -0.39 is 0 Å². The number of nitrogens with zero attached hydrogens (tertiary/aromatic N) is 5. The van der Waals surface area contributed by atoms with E-state index in [1.165, 1.54) is 0 Å². The molecule has 4 rings (SSSR count). The Kier molecular flexibility index (Phi) is 6.63. The van der Waals surface area contributed by atoms with E-state index in [0.717, 1.165) is 49.5 Å². The molecule has 0 spiro atoms. The molecule has 2 atom stereocenters. The number of likely N-dealkylation sites (tertiary alicyclic amines) is 1. The summed E-state index contributed by atoms with van der Waals surface area (Å²) in [6.45, 7) is 5.39. The first-order valence-electron chi connectivity index (χ1n) is 10.9. The Morgan fingerprint density at radius 3 is 2.63 bits per heavy atom. The lowest BCUT2D eigenvalue weighted by Crippen LogP contribution is -2.52. The second-order valence-electron chi connectivity index (χ2n) is 8.65. The van der Waals surface area contributed by atoms with E-state index in [1.54, 1.807) is 0 Å². The van der Waals surface area contributed by atoms with Crippen LogP contribution in [0.3, 0.4) is 0 Å². The molecule has 1 aromatic carbocycles. The molecule has 1 N–H and O–H groups in total. The lowest BCUT2D eigenvalue weighted by atomic mass is 10.0. The normalized spacial score (nSPS) is 24.3. The molecule has 0 saturated carbocycles. The van der Waals surface area contributed by atoms with Gasteiger partial charge >= 0.3 is 0 Å². The van der Waals surface area contributed by atoms with Gasteiger partial charge in [0.15, 0.2) is 0 Å². The smallest absolute Gasteiger partial charge is 0.223 e. The minimum Gasteiger partial charge on any atom is -0.391 e. The van der Waals surface area contributed by atoms with E-state index in [2.05, 4.69) is 21.8 Å². The third kappa shape index (κ3) is 4.64. The number of carbonyl (C=O) groups excluding carboxylic acids is 1. The molecule has 7 nitrogen and oxygen atoms in total. The largest absolute Gasteiger partial charge is 0.391 e. The van der Waals surface area contributed by atoms with Gasteiger partial charge in [-0.05, 0) is 38.1 Å². The highest BCUT2D eigenvalue weighted by Gasteiger charge is 2.32. The predicted molar refractivity (Wildman–Crippen MR) is 119 cm³/mol. The van der Waals surface area contributed by atoms with Crippen LogP contribution >= 0.6 is 11.6 Å². The van der Waals surface area contributed by atoms with Crippen molar-refractivity contribution in [3.63, 3.8) is 0 Å². The molecule has 0 bridgehead atoms. The molecule has 0 radical (unpaired) electrons. The molecule has 30 heavy (non-hydrogen) atoms. The summed E-state index contributed by atoms with van der Waals surface area (Å²) >= 11 is 6.08. The van der Waals surface area contributed by atoms with Crippen molar-refractivity contribution in [1.29, 1.82) is 0 Å². The molecule has 2 aliphatic heterocycles. The molecule has 3 heterocycles. The van der Waals surface area contributed by atoms with E-state index in [0.29, 0.717) is 37.4 Å². The van der Waals surface area contributed by atoms with Crippen molar-refractivity contribution in [1.82, 2.24) is 24.3 Å². The highest BCUT2D eigenvalue weighted by Crippen LogP contribution is 2.22. The van der Waals surface area contributed by atoms with Crippen molar-refractivity contribution < 1.29 is 9.90 Å². The van der Waals surface area contributed by atoms with Gasteiger partial charge in [0.25, 0.3) is 0 Å². The quantitative estimate of drug-likeness (QED) is 0.795. The number of aryl methyl sites for hydroxylation is 2. The third-order valence-electron chi connectivity index (χ3n) is 6.69. The lowest BCUT2D eigenvalue weighted by Gasteiger charge is -2.39. The Labute approximate surface area is 183 Å². The van der Waals surface area contributed by atoms with Gasteiger partial charge in [-0.3, -0.25) is 9.69 Å². The zero-order valence-electron chi connectivity index (χ0n) is 17.9. The maximum atomic E-state index is 12.9. The average Bonchev–Trinajstić information content (AvgIpc) is 2.90. The fraction of sp³-hybridized carbons (Fsp3) is 0.636. The van der Waals surface area contributed by atoms with E-state index in [-0.39, 0.29) is 18.1 Å². The zero-order valence-corrected chi connectivity index (χ0v) is 18.7. The molecule has 2 fully saturated rings. The van der Waals surface area contributed by atoms with Gasteiger partial charge in [-0.1, -0.05) is 11.6 Å². The maximum absolute atomic E-state index is 12.9. The summed E-state index contributed by atoms with van der Waals surface area (Å²) < 4.78 is 2.04. The van der Waals surface area contributed by atoms with Gasteiger partial charge in [-0.25, -0.2) is 4.98 Å². The molecule has 2 aliphatic rings. The van der Waals surface area contributed by atoms with Crippen molar-refractivity contribution in [3.8, 4) is 0 Å². The van der Waals surface area contributed by atoms with Gasteiger partial charge in [-0.2, -0.15) is 0 Å². The standard InChI is InChI=1S/C22H32ClN5O2/c1-25-11-13-27(14-12-25)19-7-9-28(10-8-20(19)29)22(30)6-5-21-24-17-15-16(23)3-4-18(17)26(21)2/h3-4,15,19-20,29H,5-14H2,1-2H3/t19-,20-/m0/s1. The van der Waals surface area contributed by atoms with Crippen LogP contribution in [0, 0.1) is 0 Å². The van der Waals surface area contributed by atoms with Gasteiger partial charge < -0.3 is 19.5 Å². The first-order chi connectivity index (χ1) is 14.4. The summed E-state index contributed by atoms with van der Waals surface area (Å²) in [4.78, 5) is 24.2. The van der Waals surface area contributed by atoms with E-state index in [9.17, 15) is 9.90 Å². The predicted octanol–water partition coefficient (Wildman–Crippen LogP) is 1.76. The Morgan fingerprint density at radius 1 is 1.13 bits per heavy atom. The first kappa shape index (κ1) is 21.6. The van der Waals surface area contributed by atoms with Crippen molar-refractivity contribution >= 4 is 28.5 Å². The summed E-state index contributed by atoms with van der Waals surface area (Å²) in [5.41, 5.74) is 1.88. The monoisotopic (exact) mass is 433 g/mol. The van der Waals surface area contributed by atoms with Crippen molar-refractivity contribution in [2.75, 3.05) is 46.3 Å². The molecule has 1 aromatic heterocycles. The molecule has 2 aromatic rings. The molecule has 8 heteroatoms. The van der Waals surface area contributed by atoms with Crippen LogP contribution in [0.2, 0.25) is 5.02 Å². The Bertz CT molecular complexity index is 893. The van der Waals surface area contributed by atoms with Crippen molar-refractivity contribution in [2.45, 2.75) is 37.8 Å². The minimum atomic E-state index is -0.365. The SMILES string of the molecule is CN1CCN([C@H]2CCN(C(=O)CCc3nc4cc(Cl)ccc4n3C)CC[C@@H]2O)CC1. The number of benzene rings is 1. The molecule has 0 unspecified atom stereocenters. The van der Waals surface area contributed by atoms with Crippen LogP contribution in [0.15, 0.2) is 18.2 Å². The molecule has 164 valence electrons. The second kappa shape index (κ2) is 9.22. The minimum absolute atomic E-state index is 0.145. The highest BCUT2D eigenvalue weighted by atomic mass is 35.5. The Morgan fingerprint density at radius 2 is 1.87 bits per heavy atom. The number of halogens is 1. The van der Waals surface area contributed by atoms with E-state index in [1.807, 2.05) is 34.7 Å². The Balaban J connectivity index is 1.34. The molecular formula is C22H32ClN5O2. The van der Waals surface area contributed by atoms with Gasteiger partial charge in [0.1, 0.15) is 5.82 Å². The number of aliphatic hydroxyl groups is 1. The summed E-state index contributed by atoms with van der Waals surface area (Å²) in [6.07, 6.45) is 2.15. The summed E-state index contributed by atoms with van der Waals surface area (Å²) in [5, 5.41) is 11.4. The zero-order chi connectivity index (χ0) is 21.3. The lowest BCUT2D eigenvalue weighted by molar-refractivity contribution is -0.131. The topological polar surface area (TPSA) is 64.8 Å². The van der Waals surface area contributed by atoms with E-state index >= 15 is 0 Å². The number of aliphatic hydroxyl groups excluding tert-OH is 1. The number of aromatic nitrogens is 2. The van der Waals surface area contributed by atoms with Crippen LogP contribution in [-0.2, 0) is 18.3 Å². The van der Waals surface area contributed by atoms with Crippen LogP contribution in [-0.4, -0.2) is 93.7 Å². The van der Waals surface area contributed by atoms with Gasteiger partial charge in [0, 0.05) is 70.2 Å². The number of hydrogen-bond acceptors (Lipinski definition) is 5. The number of piperazine rings is 1. The number of amides is 1. The van der Waals surface area contributed by atoms with Crippen LogP contribution < -0.4 is 0 Å². The van der Waals surface area contributed by atoms with Crippen molar-refractivity contribution in [3.05, 3.63) is 29.0 Å². The van der Waals surface area contributed by atoms with Crippen molar-refractivity contribution in [2.24, 2.45) is 7.05 Å². The number of fused-ring (bicyclic) bond motifs is 1. The number of imidazole rings is 1. The molecular weight excluding hydrogens is 402 g/mol. The third-order valence-corrected chi connectivity index (χ3v) is 6.93. The molecule has 1 amide bonds. The fourth-order valence-electron chi connectivity index (χ4n) is 4.72. The number of carbonyl (C=O) groups is 1. The van der Waals surface area contributed by atoms with Crippen LogP contribution in [0.4, 0.5) is 0 Å². The molecule has 2 saturated heterocycles. The second-order valence-corrected chi connectivity index (χ2v) is 9.09. The average molecular weight is 434 g/mol. The van der Waals surface area contributed by atoms with E-state index in [4.69, 9.17) is 11.6 Å². The highest BCUT2D eigenvalue weighted by molar-refractivity contribution is 6.31. The fourth-order valence-corrected chi connectivity index (χ4v) is 4.89. The van der Waals surface area contributed by atoms with Gasteiger partial charge in [0.05, 0.1) is 17.1 Å². The molecule has 0 aliphatic carbocycles. The number of rotatable bonds is 4. The van der Waals surface area contributed by atoms with Crippen LogP contribution in [0.25, 0.3) is 11.0 Å². The number of likely N-dealkylation sites (N-methyl/N-ethyl adjacent to an activating group) is 1. The van der Waals surface area contributed by atoms with Crippen LogP contribution in [0.1, 0.15) is 25.1 Å². The summed E-state index contributed by atoms with van der Waals surface area (Å²) in [5.74, 6) is 1.04. The van der Waals surface area contributed by atoms with Crippen LogP contribution in [0.5, 0.6) is 0 Å².